The number of H-pyrrole nitrogens is 2. The lowest BCUT2D eigenvalue weighted by molar-refractivity contribution is -0.131. The molecule has 2 atom stereocenters. The van der Waals surface area contributed by atoms with Crippen molar-refractivity contribution in [3.63, 3.8) is 0 Å². The van der Waals surface area contributed by atoms with E-state index in [4.69, 9.17) is 0 Å². The fourth-order valence-corrected chi connectivity index (χ4v) is 6.34. The van der Waals surface area contributed by atoms with Gasteiger partial charge in [-0.2, -0.15) is 0 Å². The molecule has 0 radical (unpaired) electrons. The number of aromatic amines is 2. The monoisotopic (exact) mass is 663 g/mol. The second-order valence-corrected chi connectivity index (χ2v) is 12.2. The number of carbonyl (C=O) groups excluding carboxylic acids is 2. The van der Waals surface area contributed by atoms with Gasteiger partial charge in [0, 0.05) is 12.1 Å². The van der Waals surface area contributed by atoms with Gasteiger partial charge in [-0.3, -0.25) is 4.79 Å². The van der Waals surface area contributed by atoms with Crippen LogP contribution in [-0.2, 0) is 9.53 Å². The van der Waals surface area contributed by atoms with E-state index in [9.17, 15) is 9.59 Å². The van der Waals surface area contributed by atoms with Crippen molar-refractivity contribution in [3.8, 4) is 33.6 Å². The molecule has 4 heterocycles. The fraction of sp³-hybridized carbons (Fsp3) is 0.385. The van der Waals surface area contributed by atoms with Crippen molar-refractivity contribution < 1.29 is 14.3 Å². The maximum Gasteiger partial charge on any atom is 0.407 e. The molecule has 2 saturated heterocycles. The molecule has 2 aliphatic rings. The Kier molecular flexibility index (Phi) is 12.2. The van der Waals surface area contributed by atoms with Crippen molar-refractivity contribution in [3.05, 3.63) is 84.7 Å². The summed E-state index contributed by atoms with van der Waals surface area (Å²) in [4.78, 5) is 42.1. The number of imidazole rings is 2. The van der Waals surface area contributed by atoms with Gasteiger partial charge in [-0.1, -0.05) is 82.6 Å². The van der Waals surface area contributed by atoms with Crippen LogP contribution >= 0.6 is 0 Å². The van der Waals surface area contributed by atoms with Gasteiger partial charge in [-0.15, -0.1) is 0 Å². The number of nitrogens with zero attached hydrogens (tertiary/aromatic N) is 3. The van der Waals surface area contributed by atoms with Gasteiger partial charge in [0.25, 0.3) is 0 Å². The first-order valence-corrected chi connectivity index (χ1v) is 17.6. The fourth-order valence-electron chi connectivity index (χ4n) is 6.34. The number of hydrogen-bond donors (Lipinski definition) is 4. The first kappa shape index (κ1) is 35.3. The average molecular weight is 664 g/mol. The molecule has 0 spiro atoms. The standard InChI is InChI=1S/C34H35N7O3.C3H8.C2H6/c1-44-34(43)38-20-31(42)41-15-3-5-30(41)33-37-19-29(40-33)26-13-12-24-16-23(10-11-25(24)17-26)21-6-8-22(9-7-21)28-18-36-32(39-28)27-4-2-14-35-27;1-3-2;1-2/h6-13,16-19,27,30,35H,2-5,14-15,20H2,1H3,(H,36,39)(H,37,40)(H,38,43);3H2,1-2H3;1-2H3. The molecule has 7 rings (SSSR count). The molecule has 10 nitrogen and oxygen atoms in total. The Morgan fingerprint density at radius 1 is 0.816 bits per heavy atom. The van der Waals surface area contributed by atoms with Crippen LogP contribution < -0.4 is 10.6 Å². The third kappa shape index (κ3) is 8.37. The predicted octanol–water partition coefficient (Wildman–Crippen LogP) is 8.17. The highest BCUT2D eigenvalue weighted by molar-refractivity contribution is 5.90. The van der Waals surface area contributed by atoms with E-state index >= 15 is 0 Å². The lowest BCUT2D eigenvalue weighted by atomic mass is 9.98. The van der Waals surface area contributed by atoms with Crippen LogP contribution in [0.25, 0.3) is 44.4 Å². The molecule has 2 aliphatic heterocycles. The van der Waals surface area contributed by atoms with Crippen molar-refractivity contribution in [2.75, 3.05) is 26.7 Å². The van der Waals surface area contributed by atoms with Gasteiger partial charge in [-0.05, 0) is 71.8 Å². The van der Waals surface area contributed by atoms with E-state index in [2.05, 4.69) is 110 Å². The van der Waals surface area contributed by atoms with Crippen LogP contribution in [0.5, 0.6) is 0 Å². The van der Waals surface area contributed by atoms with E-state index in [1.54, 1.807) is 4.90 Å². The maximum absolute atomic E-state index is 12.7. The highest BCUT2D eigenvalue weighted by Crippen LogP contribution is 2.33. The second kappa shape index (κ2) is 16.9. The maximum atomic E-state index is 12.7. The van der Waals surface area contributed by atoms with Gasteiger partial charge in [-0.25, -0.2) is 14.8 Å². The van der Waals surface area contributed by atoms with E-state index in [-0.39, 0.29) is 18.5 Å². The molecule has 2 fully saturated rings. The van der Waals surface area contributed by atoms with Crippen LogP contribution in [0.4, 0.5) is 4.79 Å². The third-order valence-electron chi connectivity index (χ3n) is 8.72. The lowest BCUT2D eigenvalue weighted by Crippen LogP contribution is -2.40. The molecular weight excluding hydrogens is 614 g/mol. The van der Waals surface area contributed by atoms with Crippen molar-refractivity contribution >= 4 is 22.8 Å². The number of ether oxygens (including phenoxy) is 1. The molecule has 2 unspecified atom stereocenters. The number of aromatic nitrogens is 4. The van der Waals surface area contributed by atoms with Crippen molar-refractivity contribution in [1.82, 2.24) is 35.5 Å². The van der Waals surface area contributed by atoms with E-state index in [0.29, 0.717) is 12.6 Å². The highest BCUT2D eigenvalue weighted by Gasteiger charge is 2.32. The number of methoxy groups -OCH3 is 1. The molecule has 3 aromatic carbocycles. The van der Waals surface area contributed by atoms with E-state index in [1.165, 1.54) is 20.0 Å². The zero-order valence-electron chi connectivity index (χ0n) is 29.3. The second-order valence-electron chi connectivity index (χ2n) is 12.2. The van der Waals surface area contributed by atoms with Crippen LogP contribution in [0.1, 0.15) is 83.5 Å². The molecule has 4 N–H and O–H groups in total. The molecule has 0 aliphatic carbocycles. The quantitative estimate of drug-likeness (QED) is 0.139. The average Bonchev–Trinajstić information content (AvgIpc) is 3.98. The minimum Gasteiger partial charge on any atom is -0.453 e. The van der Waals surface area contributed by atoms with Crippen molar-refractivity contribution in [1.29, 1.82) is 0 Å². The molecule has 49 heavy (non-hydrogen) atoms. The van der Waals surface area contributed by atoms with E-state index in [0.717, 1.165) is 81.9 Å². The molecule has 10 heteroatoms. The van der Waals surface area contributed by atoms with Crippen LogP contribution in [0.3, 0.4) is 0 Å². The number of fused-ring (bicyclic) bond motifs is 1. The Balaban J connectivity index is 0.000000889. The summed E-state index contributed by atoms with van der Waals surface area (Å²) in [5.41, 5.74) is 6.41. The predicted molar refractivity (Wildman–Crippen MR) is 196 cm³/mol. The molecule has 5 aromatic rings. The van der Waals surface area contributed by atoms with Crippen LogP contribution in [0, 0.1) is 0 Å². The summed E-state index contributed by atoms with van der Waals surface area (Å²) < 4.78 is 4.58. The van der Waals surface area contributed by atoms with Gasteiger partial charge in [0.05, 0.1) is 43.0 Å². The van der Waals surface area contributed by atoms with Crippen molar-refractivity contribution in [2.45, 2.75) is 71.9 Å². The van der Waals surface area contributed by atoms with Gasteiger partial charge in [0.1, 0.15) is 18.2 Å². The lowest BCUT2D eigenvalue weighted by Gasteiger charge is -2.23. The normalized spacial score (nSPS) is 16.8. The van der Waals surface area contributed by atoms with Crippen LogP contribution in [0.15, 0.2) is 73.1 Å². The summed E-state index contributed by atoms with van der Waals surface area (Å²) in [7, 11) is 1.28. The van der Waals surface area contributed by atoms with E-state index in [1.807, 2.05) is 26.2 Å². The first-order chi connectivity index (χ1) is 24.0. The number of carbonyl (C=O) groups is 2. The minimum absolute atomic E-state index is 0.100. The van der Waals surface area contributed by atoms with Crippen LogP contribution in [0.2, 0.25) is 0 Å². The summed E-state index contributed by atoms with van der Waals surface area (Å²) >= 11 is 0. The summed E-state index contributed by atoms with van der Waals surface area (Å²) in [5, 5.41) is 8.26. The minimum atomic E-state index is -0.619. The smallest absolute Gasteiger partial charge is 0.407 e. The number of amides is 2. The topological polar surface area (TPSA) is 128 Å². The van der Waals surface area contributed by atoms with Gasteiger partial charge < -0.3 is 30.2 Å². The molecule has 2 aromatic heterocycles. The number of rotatable bonds is 7. The highest BCUT2D eigenvalue weighted by atomic mass is 16.5. The number of likely N-dealkylation sites (tertiary alicyclic amines) is 1. The summed E-state index contributed by atoms with van der Waals surface area (Å²) in [5.74, 6) is 1.62. The molecule has 0 saturated carbocycles. The van der Waals surface area contributed by atoms with Gasteiger partial charge in [0.2, 0.25) is 5.91 Å². The number of hydrogen-bond acceptors (Lipinski definition) is 6. The molecule has 0 bridgehead atoms. The zero-order valence-corrected chi connectivity index (χ0v) is 29.3. The Labute approximate surface area is 289 Å². The summed E-state index contributed by atoms with van der Waals surface area (Å²) in [6.45, 7) is 9.83. The van der Waals surface area contributed by atoms with Crippen LogP contribution in [-0.4, -0.2) is 63.6 Å². The largest absolute Gasteiger partial charge is 0.453 e. The Morgan fingerprint density at radius 2 is 1.41 bits per heavy atom. The number of nitrogens with one attached hydrogen (secondary N) is 4. The number of alkyl carbamates (subject to hydrolysis) is 1. The Bertz CT molecular complexity index is 1820. The summed E-state index contributed by atoms with van der Waals surface area (Å²) in [6, 6.07) is 21.7. The van der Waals surface area contributed by atoms with Gasteiger partial charge in [0.15, 0.2) is 0 Å². The van der Waals surface area contributed by atoms with Crippen molar-refractivity contribution in [2.24, 2.45) is 0 Å². The SMILES string of the molecule is CC.CCC.COC(=O)NCC(=O)N1CCCC1c1ncc(-c2ccc3cc(-c4ccc(-c5cnc(C6CCCN6)[nH]5)cc4)ccc3c2)[nH]1. The Morgan fingerprint density at radius 3 is 2.08 bits per heavy atom. The number of benzene rings is 3. The molecule has 258 valence electrons. The van der Waals surface area contributed by atoms with Gasteiger partial charge >= 0.3 is 6.09 Å². The molecular formula is C39H49N7O3. The summed E-state index contributed by atoms with van der Waals surface area (Å²) in [6.07, 6.45) is 8.40. The third-order valence-corrected chi connectivity index (χ3v) is 8.72. The first-order valence-electron chi connectivity index (χ1n) is 17.6. The Hall–Kier alpha value is -4.96. The zero-order chi connectivity index (χ0) is 34.8. The van der Waals surface area contributed by atoms with E-state index < -0.39 is 6.09 Å². The molecule has 2 amide bonds.